The molecule has 2 amide bonds. The number of nitrogens with zero attached hydrogens (tertiary/aromatic N) is 2. The maximum atomic E-state index is 12.5. The van der Waals surface area contributed by atoms with Gasteiger partial charge in [-0.3, -0.25) is 9.59 Å². The number of carboxylic acid groups (broad SMARTS) is 1. The quantitative estimate of drug-likeness (QED) is 0.362. The Balaban J connectivity index is 0.000000540. The van der Waals surface area contributed by atoms with E-state index in [4.69, 9.17) is 15.6 Å². The van der Waals surface area contributed by atoms with Gasteiger partial charge in [-0.15, -0.1) is 0 Å². The molecule has 0 spiro atoms. The first kappa shape index (κ1) is 26.6. The number of amides is 2. The van der Waals surface area contributed by atoms with E-state index in [0.717, 1.165) is 5.56 Å². The molecule has 6 N–H and O–H groups in total. The van der Waals surface area contributed by atoms with Gasteiger partial charge in [-0.25, -0.2) is 14.8 Å². The molecule has 0 unspecified atom stereocenters. The summed E-state index contributed by atoms with van der Waals surface area (Å²) in [5.41, 5.74) is 8.11. The van der Waals surface area contributed by atoms with Crippen molar-refractivity contribution >= 4 is 23.6 Å². The van der Waals surface area contributed by atoms with Gasteiger partial charge in [0.15, 0.2) is 11.5 Å². The average Bonchev–Trinajstić information content (AvgIpc) is 2.83. The third-order valence-electron chi connectivity index (χ3n) is 4.30. The van der Waals surface area contributed by atoms with E-state index in [1.165, 1.54) is 13.2 Å². The Hall–Kier alpha value is -4.68. The standard InChI is InChI=1S/C20H19N5O3.C2HF3O2/c1-22-20(28)17-18(21)23-11-16(25-17)13-3-2-4-14(9-13)19(27)24-10-12-5-7-15(26)8-6-12;3-2(4,5)1(6)7/h2-9,11,26H,10H2,1H3,(H2,21,23)(H,22,28)(H,24,27);(H,6,7). The van der Waals surface area contributed by atoms with Crippen LogP contribution in [0, 0.1) is 0 Å². The summed E-state index contributed by atoms with van der Waals surface area (Å²) in [4.78, 5) is 41.5. The molecule has 0 atom stereocenters. The number of carboxylic acids is 1. The van der Waals surface area contributed by atoms with E-state index < -0.39 is 18.1 Å². The highest BCUT2D eigenvalue weighted by Gasteiger charge is 2.38. The van der Waals surface area contributed by atoms with Gasteiger partial charge in [-0.2, -0.15) is 13.2 Å². The number of aromatic nitrogens is 2. The van der Waals surface area contributed by atoms with E-state index in [1.807, 2.05) is 0 Å². The average molecular weight is 491 g/mol. The van der Waals surface area contributed by atoms with Crippen molar-refractivity contribution in [1.82, 2.24) is 20.6 Å². The van der Waals surface area contributed by atoms with Gasteiger partial charge in [0.2, 0.25) is 0 Å². The highest BCUT2D eigenvalue weighted by atomic mass is 19.4. The first-order valence-corrected chi connectivity index (χ1v) is 9.73. The Morgan fingerprint density at radius 1 is 1.06 bits per heavy atom. The molecule has 184 valence electrons. The zero-order valence-corrected chi connectivity index (χ0v) is 18.1. The number of carbonyl (C=O) groups is 3. The molecule has 0 aliphatic rings. The molecule has 35 heavy (non-hydrogen) atoms. The fraction of sp³-hybridized carbons (Fsp3) is 0.136. The summed E-state index contributed by atoms with van der Waals surface area (Å²) in [6.07, 6.45) is -3.63. The molecule has 2 aromatic carbocycles. The third-order valence-corrected chi connectivity index (χ3v) is 4.30. The van der Waals surface area contributed by atoms with Crippen molar-refractivity contribution in [2.45, 2.75) is 12.7 Å². The van der Waals surface area contributed by atoms with Gasteiger partial charge >= 0.3 is 12.1 Å². The summed E-state index contributed by atoms with van der Waals surface area (Å²) >= 11 is 0. The summed E-state index contributed by atoms with van der Waals surface area (Å²) in [6, 6.07) is 13.4. The van der Waals surface area contributed by atoms with Crippen LogP contribution in [-0.2, 0) is 11.3 Å². The Kier molecular flexibility index (Phi) is 8.69. The van der Waals surface area contributed by atoms with Crippen LogP contribution in [0.2, 0.25) is 0 Å². The van der Waals surface area contributed by atoms with Crippen molar-refractivity contribution in [2.75, 3.05) is 12.8 Å². The van der Waals surface area contributed by atoms with Crippen LogP contribution in [0.5, 0.6) is 5.75 Å². The van der Waals surface area contributed by atoms with E-state index in [9.17, 15) is 27.9 Å². The molecule has 0 bridgehead atoms. The minimum Gasteiger partial charge on any atom is -0.508 e. The number of benzene rings is 2. The molecular weight excluding hydrogens is 471 g/mol. The molecule has 3 rings (SSSR count). The lowest BCUT2D eigenvalue weighted by atomic mass is 10.1. The van der Waals surface area contributed by atoms with E-state index in [2.05, 4.69) is 20.6 Å². The molecule has 0 aliphatic carbocycles. The molecular formula is C22H20F3N5O5. The first-order chi connectivity index (χ1) is 16.4. The Morgan fingerprint density at radius 3 is 2.26 bits per heavy atom. The van der Waals surface area contributed by atoms with Crippen LogP contribution in [0.4, 0.5) is 19.0 Å². The Labute approximate surface area is 196 Å². The number of carbonyl (C=O) groups excluding carboxylic acids is 2. The number of nitrogens with one attached hydrogen (secondary N) is 2. The van der Waals surface area contributed by atoms with Crippen LogP contribution in [0.1, 0.15) is 26.4 Å². The zero-order valence-electron chi connectivity index (χ0n) is 18.1. The van der Waals surface area contributed by atoms with Gasteiger partial charge in [-0.05, 0) is 29.8 Å². The number of aliphatic carboxylic acids is 1. The van der Waals surface area contributed by atoms with Crippen LogP contribution < -0.4 is 16.4 Å². The van der Waals surface area contributed by atoms with Gasteiger partial charge in [0.1, 0.15) is 5.75 Å². The fourth-order valence-corrected chi connectivity index (χ4v) is 2.54. The van der Waals surface area contributed by atoms with Crippen molar-refractivity contribution in [2.24, 2.45) is 0 Å². The molecule has 3 aromatic rings. The SMILES string of the molecule is CNC(=O)c1nc(-c2cccc(C(=O)NCc3ccc(O)cc3)c2)cnc1N.O=C(O)C(F)(F)F. The predicted octanol–water partition coefficient (Wildman–Crippen LogP) is 2.35. The van der Waals surface area contributed by atoms with Gasteiger partial charge < -0.3 is 26.6 Å². The number of alkyl halides is 3. The summed E-state index contributed by atoms with van der Waals surface area (Å²) in [5, 5.41) is 21.7. The zero-order chi connectivity index (χ0) is 26.2. The number of anilines is 1. The maximum absolute atomic E-state index is 12.5. The van der Waals surface area contributed by atoms with Crippen LogP contribution in [0.25, 0.3) is 11.3 Å². The largest absolute Gasteiger partial charge is 0.508 e. The number of hydrogen-bond donors (Lipinski definition) is 5. The molecule has 1 heterocycles. The Bertz CT molecular complexity index is 1220. The van der Waals surface area contributed by atoms with Crippen molar-refractivity contribution in [3.8, 4) is 17.0 Å². The summed E-state index contributed by atoms with van der Waals surface area (Å²) in [6.45, 7) is 0.325. The number of phenolic OH excluding ortho intramolecular Hbond substituents is 1. The maximum Gasteiger partial charge on any atom is 0.490 e. The second-order valence-electron chi connectivity index (χ2n) is 6.80. The van der Waals surface area contributed by atoms with Crippen LogP contribution in [-0.4, -0.2) is 51.2 Å². The minimum absolute atomic E-state index is 0.0298. The van der Waals surface area contributed by atoms with Crippen LogP contribution in [0.15, 0.2) is 54.7 Å². The second kappa shape index (κ2) is 11.4. The normalized spacial score (nSPS) is 10.5. The highest BCUT2D eigenvalue weighted by Crippen LogP contribution is 2.20. The molecule has 10 nitrogen and oxygen atoms in total. The van der Waals surface area contributed by atoms with Gasteiger partial charge in [-0.1, -0.05) is 24.3 Å². The van der Waals surface area contributed by atoms with E-state index in [1.54, 1.807) is 48.5 Å². The van der Waals surface area contributed by atoms with Crippen molar-refractivity contribution in [1.29, 1.82) is 0 Å². The van der Waals surface area contributed by atoms with Crippen molar-refractivity contribution in [3.05, 3.63) is 71.5 Å². The van der Waals surface area contributed by atoms with Crippen LogP contribution >= 0.6 is 0 Å². The number of rotatable bonds is 5. The lowest BCUT2D eigenvalue weighted by Gasteiger charge is -2.09. The predicted molar refractivity (Wildman–Crippen MR) is 118 cm³/mol. The minimum atomic E-state index is -5.08. The molecule has 0 aliphatic heterocycles. The second-order valence-corrected chi connectivity index (χ2v) is 6.80. The molecule has 0 saturated heterocycles. The lowest BCUT2D eigenvalue weighted by molar-refractivity contribution is -0.192. The summed E-state index contributed by atoms with van der Waals surface area (Å²) < 4.78 is 31.7. The van der Waals surface area contributed by atoms with Crippen molar-refractivity contribution < 1.29 is 37.8 Å². The Morgan fingerprint density at radius 2 is 1.69 bits per heavy atom. The third kappa shape index (κ3) is 7.70. The first-order valence-electron chi connectivity index (χ1n) is 9.73. The molecule has 0 radical (unpaired) electrons. The van der Waals surface area contributed by atoms with E-state index >= 15 is 0 Å². The molecule has 0 fully saturated rings. The summed E-state index contributed by atoms with van der Waals surface area (Å²) in [7, 11) is 1.48. The topological polar surface area (TPSA) is 168 Å². The number of nitrogens with two attached hydrogens (primary N) is 1. The highest BCUT2D eigenvalue weighted by molar-refractivity contribution is 5.97. The number of phenols is 1. The molecule has 0 saturated carbocycles. The number of halogens is 3. The number of nitrogen functional groups attached to an aromatic ring is 1. The fourth-order valence-electron chi connectivity index (χ4n) is 2.54. The van der Waals surface area contributed by atoms with Gasteiger partial charge in [0, 0.05) is 24.7 Å². The van der Waals surface area contributed by atoms with Crippen LogP contribution in [0.3, 0.4) is 0 Å². The van der Waals surface area contributed by atoms with E-state index in [0.29, 0.717) is 23.4 Å². The monoisotopic (exact) mass is 491 g/mol. The number of hydrogen-bond acceptors (Lipinski definition) is 7. The van der Waals surface area contributed by atoms with Crippen molar-refractivity contribution in [3.63, 3.8) is 0 Å². The number of aromatic hydroxyl groups is 1. The molecule has 1 aromatic heterocycles. The lowest BCUT2D eigenvalue weighted by Crippen LogP contribution is -2.23. The molecule has 13 heteroatoms. The van der Waals surface area contributed by atoms with Gasteiger partial charge in [0.25, 0.3) is 11.8 Å². The van der Waals surface area contributed by atoms with Gasteiger partial charge in [0.05, 0.1) is 11.9 Å². The van der Waals surface area contributed by atoms with E-state index in [-0.39, 0.29) is 23.2 Å². The summed E-state index contributed by atoms with van der Waals surface area (Å²) in [5.74, 6) is -3.25. The smallest absolute Gasteiger partial charge is 0.490 e.